The van der Waals surface area contributed by atoms with Gasteiger partial charge in [0.2, 0.25) is 0 Å². The van der Waals surface area contributed by atoms with E-state index in [4.69, 9.17) is 0 Å². The molecule has 3 heterocycles. The molecule has 0 amide bonds. The average Bonchev–Trinajstić information content (AvgIpc) is 2.79. The van der Waals surface area contributed by atoms with Crippen molar-refractivity contribution in [3.63, 3.8) is 0 Å². The third-order valence-electron chi connectivity index (χ3n) is 2.72. The molecule has 0 bridgehead atoms. The number of hydrazone groups is 1. The maximum absolute atomic E-state index is 4.33. The third-order valence-corrected chi connectivity index (χ3v) is 2.72. The zero-order valence-electron chi connectivity index (χ0n) is 7.72. The lowest BCUT2D eigenvalue weighted by Gasteiger charge is -2.20. The minimum absolute atomic E-state index is 0.359. The van der Waals surface area contributed by atoms with Gasteiger partial charge in [-0.2, -0.15) is 5.10 Å². The highest BCUT2D eigenvalue weighted by Crippen LogP contribution is 2.32. The van der Waals surface area contributed by atoms with Crippen molar-refractivity contribution in [3.05, 3.63) is 24.3 Å². The van der Waals surface area contributed by atoms with E-state index in [9.17, 15) is 0 Å². The Morgan fingerprint density at radius 2 is 2.43 bits per heavy atom. The van der Waals surface area contributed by atoms with Gasteiger partial charge in [-0.15, -0.1) is 0 Å². The van der Waals surface area contributed by atoms with Crippen LogP contribution in [0.5, 0.6) is 0 Å². The zero-order valence-corrected chi connectivity index (χ0v) is 7.72. The maximum atomic E-state index is 4.33. The Morgan fingerprint density at radius 1 is 1.43 bits per heavy atom. The highest BCUT2D eigenvalue weighted by atomic mass is 15.5. The number of aromatic nitrogens is 2. The fraction of sp³-hybridized carbons (Fsp3) is 0.444. The molecule has 5 heteroatoms. The van der Waals surface area contributed by atoms with Crippen molar-refractivity contribution in [1.29, 1.82) is 0 Å². The second-order valence-electron chi connectivity index (χ2n) is 3.50. The topological polar surface area (TPSA) is 53.4 Å². The molecule has 1 fully saturated rings. The number of hydrogen-bond donors (Lipinski definition) is 1. The van der Waals surface area contributed by atoms with Crippen LogP contribution in [0.1, 0.15) is 24.6 Å². The minimum Gasteiger partial charge on any atom is -0.331 e. The highest BCUT2D eigenvalue weighted by molar-refractivity contribution is 5.85. The van der Waals surface area contributed by atoms with Crippen molar-refractivity contribution in [2.75, 3.05) is 6.67 Å². The fourth-order valence-corrected chi connectivity index (χ4v) is 2.06. The highest BCUT2D eigenvalue weighted by Gasteiger charge is 2.33. The van der Waals surface area contributed by atoms with Gasteiger partial charge >= 0.3 is 0 Å². The number of fused-ring (bicyclic) bond motifs is 1. The number of rotatable bonds is 1. The van der Waals surface area contributed by atoms with Crippen LogP contribution in [0.25, 0.3) is 0 Å². The van der Waals surface area contributed by atoms with Gasteiger partial charge < -0.3 is 4.90 Å². The van der Waals surface area contributed by atoms with Crippen LogP contribution < -0.4 is 5.43 Å². The molecule has 3 rings (SSSR count). The standard InChI is InChI=1S/C9H11N5/c1-2-9-13-12-6-14(9)8(1)7-5-10-3-4-11-7/h3-5,8,12H,1-2,6H2. The molecule has 2 aliphatic heterocycles. The first-order valence-electron chi connectivity index (χ1n) is 4.77. The number of nitrogens with one attached hydrogen (secondary N) is 1. The Morgan fingerprint density at radius 3 is 3.29 bits per heavy atom. The quantitative estimate of drug-likeness (QED) is 0.698. The van der Waals surface area contributed by atoms with Gasteiger partial charge in [-0.3, -0.25) is 15.4 Å². The molecule has 5 nitrogen and oxygen atoms in total. The van der Waals surface area contributed by atoms with Crippen LogP contribution in [0.4, 0.5) is 0 Å². The molecule has 1 saturated heterocycles. The van der Waals surface area contributed by atoms with Gasteiger partial charge in [-0.25, -0.2) is 0 Å². The molecule has 2 aliphatic rings. The van der Waals surface area contributed by atoms with Crippen molar-refractivity contribution in [2.24, 2.45) is 5.10 Å². The molecule has 0 aliphatic carbocycles. The van der Waals surface area contributed by atoms with Crippen molar-refractivity contribution < 1.29 is 0 Å². The van der Waals surface area contributed by atoms with Crippen LogP contribution in [-0.2, 0) is 0 Å². The predicted octanol–water partition coefficient (Wildman–Crippen LogP) is 0.488. The molecule has 0 aromatic carbocycles. The predicted molar refractivity (Wildman–Crippen MR) is 51.3 cm³/mol. The average molecular weight is 189 g/mol. The van der Waals surface area contributed by atoms with Crippen LogP contribution >= 0.6 is 0 Å². The van der Waals surface area contributed by atoms with E-state index in [1.54, 1.807) is 12.4 Å². The van der Waals surface area contributed by atoms with Crippen LogP contribution in [0.3, 0.4) is 0 Å². The molecule has 14 heavy (non-hydrogen) atoms. The summed E-state index contributed by atoms with van der Waals surface area (Å²) in [4.78, 5) is 10.7. The summed E-state index contributed by atoms with van der Waals surface area (Å²) in [6.07, 6.45) is 7.42. The van der Waals surface area contributed by atoms with Crippen LogP contribution in [0, 0.1) is 0 Å². The van der Waals surface area contributed by atoms with E-state index in [2.05, 4.69) is 25.4 Å². The summed E-state index contributed by atoms with van der Waals surface area (Å²) < 4.78 is 0. The van der Waals surface area contributed by atoms with E-state index in [0.717, 1.165) is 31.0 Å². The SMILES string of the molecule is c1cnc(C2CCC3=NNCN32)cn1. The summed E-state index contributed by atoms with van der Waals surface area (Å²) >= 11 is 0. The first-order chi connectivity index (χ1) is 6.95. The van der Waals surface area contributed by atoms with Gasteiger partial charge in [0.1, 0.15) is 12.5 Å². The van der Waals surface area contributed by atoms with Crippen LogP contribution in [-0.4, -0.2) is 27.4 Å². The minimum atomic E-state index is 0.359. The summed E-state index contributed by atoms with van der Waals surface area (Å²) in [5.41, 5.74) is 4.03. The molecular weight excluding hydrogens is 178 g/mol. The lowest BCUT2D eigenvalue weighted by Crippen LogP contribution is -2.27. The van der Waals surface area contributed by atoms with Crippen molar-refractivity contribution in [3.8, 4) is 0 Å². The summed E-state index contributed by atoms with van der Waals surface area (Å²) in [6, 6.07) is 0.359. The molecule has 0 saturated carbocycles. The van der Waals surface area contributed by atoms with E-state index >= 15 is 0 Å². The van der Waals surface area contributed by atoms with E-state index in [-0.39, 0.29) is 0 Å². The molecule has 0 radical (unpaired) electrons. The summed E-state index contributed by atoms with van der Waals surface area (Å²) in [7, 11) is 0. The van der Waals surface area contributed by atoms with Gasteiger partial charge in [0.15, 0.2) is 0 Å². The van der Waals surface area contributed by atoms with Gasteiger partial charge in [-0.1, -0.05) is 0 Å². The lowest BCUT2D eigenvalue weighted by molar-refractivity contribution is 0.338. The summed E-state index contributed by atoms with van der Waals surface area (Å²) in [5, 5.41) is 4.22. The largest absolute Gasteiger partial charge is 0.331 e. The van der Waals surface area contributed by atoms with E-state index in [0.29, 0.717) is 6.04 Å². The number of hydrogen-bond acceptors (Lipinski definition) is 5. The summed E-state index contributed by atoms with van der Waals surface area (Å²) in [6.45, 7) is 0.802. The zero-order chi connectivity index (χ0) is 9.38. The lowest BCUT2D eigenvalue weighted by atomic mass is 10.1. The Labute approximate surface area is 81.9 Å². The number of amidine groups is 1. The second-order valence-corrected chi connectivity index (χ2v) is 3.50. The Bertz CT molecular complexity index is 361. The molecule has 0 spiro atoms. The first kappa shape index (κ1) is 7.73. The second kappa shape index (κ2) is 2.94. The Balaban J connectivity index is 1.91. The van der Waals surface area contributed by atoms with Crippen molar-refractivity contribution in [1.82, 2.24) is 20.3 Å². The number of nitrogens with zero attached hydrogens (tertiary/aromatic N) is 4. The molecule has 72 valence electrons. The van der Waals surface area contributed by atoms with E-state index in [1.165, 1.54) is 0 Å². The van der Waals surface area contributed by atoms with Crippen molar-refractivity contribution >= 4 is 5.84 Å². The molecule has 1 aromatic rings. The maximum Gasteiger partial charge on any atom is 0.126 e. The normalized spacial score (nSPS) is 24.4. The molecule has 1 aromatic heterocycles. The Kier molecular flexibility index (Phi) is 1.62. The Hall–Kier alpha value is -1.65. The van der Waals surface area contributed by atoms with Gasteiger partial charge in [0, 0.05) is 18.8 Å². The van der Waals surface area contributed by atoms with Crippen LogP contribution in [0.15, 0.2) is 23.7 Å². The van der Waals surface area contributed by atoms with Crippen molar-refractivity contribution in [2.45, 2.75) is 18.9 Å². The molecule has 1 unspecified atom stereocenters. The molecular formula is C9H11N5. The third kappa shape index (κ3) is 1.05. The molecule has 1 N–H and O–H groups in total. The van der Waals surface area contributed by atoms with Gasteiger partial charge in [0.05, 0.1) is 17.9 Å². The summed E-state index contributed by atoms with van der Waals surface area (Å²) in [5.74, 6) is 1.15. The first-order valence-corrected chi connectivity index (χ1v) is 4.77. The molecule has 1 atom stereocenters. The monoisotopic (exact) mass is 189 g/mol. The van der Waals surface area contributed by atoms with Gasteiger partial charge in [0.25, 0.3) is 0 Å². The fourth-order valence-electron chi connectivity index (χ4n) is 2.06. The van der Waals surface area contributed by atoms with Crippen LogP contribution in [0.2, 0.25) is 0 Å². The van der Waals surface area contributed by atoms with Gasteiger partial charge in [-0.05, 0) is 6.42 Å². The smallest absolute Gasteiger partial charge is 0.126 e. The van der Waals surface area contributed by atoms with E-state index < -0.39 is 0 Å². The van der Waals surface area contributed by atoms with E-state index in [1.807, 2.05) is 6.20 Å².